The molecule has 1 aliphatic carbocycles. The number of nitrogens with two attached hydrogens (primary N) is 1. The van der Waals surface area contributed by atoms with Crippen LogP contribution in [0.15, 0.2) is 0 Å². The molecule has 0 aromatic rings. The van der Waals surface area contributed by atoms with Crippen molar-refractivity contribution < 1.29 is 14.3 Å². The highest BCUT2D eigenvalue weighted by Crippen LogP contribution is 2.21. The number of amides is 1. The van der Waals surface area contributed by atoms with E-state index in [0.29, 0.717) is 12.3 Å². The smallest absolute Gasteiger partial charge is 0.328 e. The monoisotopic (exact) mass is 270 g/mol. The van der Waals surface area contributed by atoms with Gasteiger partial charge in [0, 0.05) is 0 Å². The summed E-state index contributed by atoms with van der Waals surface area (Å²) in [4.78, 5) is 23.6. The van der Waals surface area contributed by atoms with Gasteiger partial charge in [0.2, 0.25) is 5.91 Å². The van der Waals surface area contributed by atoms with E-state index in [9.17, 15) is 9.59 Å². The van der Waals surface area contributed by atoms with Crippen LogP contribution < -0.4 is 11.1 Å². The molecule has 1 fully saturated rings. The summed E-state index contributed by atoms with van der Waals surface area (Å²) in [6.07, 6.45) is 4.71. The second-order valence-electron chi connectivity index (χ2n) is 5.81. The highest BCUT2D eigenvalue weighted by atomic mass is 16.5. The van der Waals surface area contributed by atoms with E-state index in [0.717, 1.165) is 25.7 Å². The van der Waals surface area contributed by atoms with Gasteiger partial charge >= 0.3 is 5.97 Å². The van der Waals surface area contributed by atoms with E-state index in [-0.39, 0.29) is 18.0 Å². The van der Waals surface area contributed by atoms with Crippen LogP contribution in [0.1, 0.15) is 52.9 Å². The Kier molecular flexibility index (Phi) is 6.28. The van der Waals surface area contributed by atoms with E-state index in [4.69, 9.17) is 10.5 Å². The lowest BCUT2D eigenvalue weighted by atomic mass is 10.0. The fourth-order valence-electron chi connectivity index (χ4n) is 2.27. The van der Waals surface area contributed by atoms with Gasteiger partial charge < -0.3 is 15.8 Å². The molecule has 0 heterocycles. The summed E-state index contributed by atoms with van der Waals surface area (Å²) in [7, 11) is 0. The Bertz CT molecular complexity index is 312. The van der Waals surface area contributed by atoms with Crippen molar-refractivity contribution in [2.45, 2.75) is 71.1 Å². The molecule has 19 heavy (non-hydrogen) atoms. The zero-order valence-electron chi connectivity index (χ0n) is 12.1. The van der Waals surface area contributed by atoms with Crippen molar-refractivity contribution in [3.8, 4) is 0 Å². The Hall–Kier alpha value is -1.10. The molecule has 0 aromatic heterocycles. The molecule has 0 aliphatic heterocycles. The number of hydrogen-bond donors (Lipinski definition) is 2. The van der Waals surface area contributed by atoms with Crippen LogP contribution in [0.4, 0.5) is 0 Å². The zero-order valence-corrected chi connectivity index (χ0v) is 12.1. The number of hydrogen-bond acceptors (Lipinski definition) is 4. The van der Waals surface area contributed by atoms with E-state index < -0.39 is 12.1 Å². The molecule has 1 saturated carbocycles. The molecule has 2 atom stereocenters. The highest BCUT2D eigenvalue weighted by Gasteiger charge is 2.25. The molecule has 0 saturated heterocycles. The van der Waals surface area contributed by atoms with Crippen LogP contribution in [0.2, 0.25) is 0 Å². The summed E-state index contributed by atoms with van der Waals surface area (Å²) in [6, 6.07) is -1.20. The molecule has 1 rings (SSSR count). The molecule has 0 aromatic carbocycles. The van der Waals surface area contributed by atoms with Gasteiger partial charge in [-0.3, -0.25) is 4.79 Å². The maximum atomic E-state index is 11.8. The van der Waals surface area contributed by atoms with Gasteiger partial charge in [-0.15, -0.1) is 0 Å². The first kappa shape index (κ1) is 16.0. The maximum absolute atomic E-state index is 11.8. The van der Waals surface area contributed by atoms with Gasteiger partial charge in [0.25, 0.3) is 0 Å². The molecular formula is C14H26N2O3. The van der Waals surface area contributed by atoms with Crippen molar-refractivity contribution in [2.24, 2.45) is 11.7 Å². The predicted octanol–water partition coefficient (Wildman–Crippen LogP) is 1.35. The van der Waals surface area contributed by atoms with Crippen LogP contribution in [0, 0.1) is 5.92 Å². The van der Waals surface area contributed by atoms with Gasteiger partial charge in [0.15, 0.2) is 0 Å². The van der Waals surface area contributed by atoms with E-state index in [1.807, 2.05) is 13.8 Å². The standard InChI is InChI=1S/C14H26N2O3/c1-9(2)8-12(15)13(17)16-10(3)14(18)19-11-6-4-5-7-11/h9-12H,4-8,15H2,1-3H3,(H,16,17)/t10-,12-/m0/s1. The first-order chi connectivity index (χ1) is 8.90. The Morgan fingerprint density at radius 2 is 1.84 bits per heavy atom. The lowest BCUT2D eigenvalue weighted by Gasteiger charge is -2.19. The van der Waals surface area contributed by atoms with Gasteiger partial charge in [-0.1, -0.05) is 13.8 Å². The average Bonchev–Trinajstić information content (AvgIpc) is 2.80. The molecule has 5 heteroatoms. The normalized spacial score (nSPS) is 19.2. The minimum Gasteiger partial charge on any atom is -0.461 e. The summed E-state index contributed by atoms with van der Waals surface area (Å²) in [6.45, 7) is 5.65. The van der Waals surface area contributed by atoms with E-state index >= 15 is 0 Å². The molecule has 1 aliphatic rings. The molecule has 3 N–H and O–H groups in total. The fraction of sp³-hybridized carbons (Fsp3) is 0.857. The van der Waals surface area contributed by atoms with Crippen LogP contribution >= 0.6 is 0 Å². The molecule has 5 nitrogen and oxygen atoms in total. The number of rotatable bonds is 6. The van der Waals surface area contributed by atoms with Crippen molar-refractivity contribution in [1.29, 1.82) is 0 Å². The summed E-state index contributed by atoms with van der Waals surface area (Å²) in [5.41, 5.74) is 5.77. The largest absolute Gasteiger partial charge is 0.461 e. The minimum absolute atomic E-state index is 0.0242. The Labute approximate surface area is 115 Å². The minimum atomic E-state index is -0.633. The fourth-order valence-corrected chi connectivity index (χ4v) is 2.27. The zero-order chi connectivity index (χ0) is 14.4. The Balaban J connectivity index is 2.33. The third kappa shape index (κ3) is 5.59. The quantitative estimate of drug-likeness (QED) is 0.714. The topological polar surface area (TPSA) is 81.4 Å². The lowest BCUT2D eigenvalue weighted by molar-refractivity contribution is -0.152. The molecule has 0 spiro atoms. The number of nitrogens with one attached hydrogen (secondary N) is 1. The summed E-state index contributed by atoms with van der Waals surface area (Å²) in [5.74, 6) is -0.303. The molecule has 1 amide bonds. The first-order valence-electron chi connectivity index (χ1n) is 7.16. The van der Waals surface area contributed by atoms with Crippen LogP contribution in [-0.2, 0) is 14.3 Å². The van der Waals surface area contributed by atoms with Crippen LogP contribution in [0.25, 0.3) is 0 Å². The summed E-state index contributed by atoms with van der Waals surface area (Å²) < 4.78 is 5.34. The van der Waals surface area contributed by atoms with Crippen molar-refractivity contribution in [3.05, 3.63) is 0 Å². The van der Waals surface area contributed by atoms with Crippen LogP contribution in [0.3, 0.4) is 0 Å². The van der Waals surface area contributed by atoms with E-state index in [1.165, 1.54) is 0 Å². The van der Waals surface area contributed by atoms with Gasteiger partial charge in [0.05, 0.1) is 6.04 Å². The first-order valence-corrected chi connectivity index (χ1v) is 7.16. The van der Waals surface area contributed by atoms with Crippen molar-refractivity contribution in [1.82, 2.24) is 5.32 Å². The molecule has 0 unspecified atom stereocenters. The molecule has 0 bridgehead atoms. The van der Waals surface area contributed by atoms with Gasteiger partial charge in [-0.05, 0) is 44.9 Å². The van der Waals surface area contributed by atoms with Crippen molar-refractivity contribution in [3.63, 3.8) is 0 Å². The average molecular weight is 270 g/mol. The molecule has 110 valence electrons. The van der Waals surface area contributed by atoms with Gasteiger partial charge in [-0.2, -0.15) is 0 Å². The van der Waals surface area contributed by atoms with Gasteiger partial charge in [-0.25, -0.2) is 4.79 Å². The predicted molar refractivity (Wildman–Crippen MR) is 73.4 cm³/mol. The van der Waals surface area contributed by atoms with Crippen molar-refractivity contribution >= 4 is 11.9 Å². The number of carbonyl (C=O) groups excluding carboxylic acids is 2. The van der Waals surface area contributed by atoms with Crippen LogP contribution in [0.5, 0.6) is 0 Å². The lowest BCUT2D eigenvalue weighted by Crippen LogP contribution is -2.48. The van der Waals surface area contributed by atoms with E-state index in [2.05, 4.69) is 5.32 Å². The van der Waals surface area contributed by atoms with Crippen molar-refractivity contribution in [2.75, 3.05) is 0 Å². The SMILES string of the molecule is CC(C)C[C@H](N)C(=O)N[C@@H](C)C(=O)OC1CCCC1. The Morgan fingerprint density at radius 3 is 2.37 bits per heavy atom. The molecular weight excluding hydrogens is 244 g/mol. The number of esters is 1. The highest BCUT2D eigenvalue weighted by molar-refractivity contribution is 5.87. The third-order valence-corrected chi connectivity index (χ3v) is 3.36. The second-order valence-corrected chi connectivity index (χ2v) is 5.81. The van der Waals surface area contributed by atoms with Crippen LogP contribution in [-0.4, -0.2) is 30.1 Å². The summed E-state index contributed by atoms with van der Waals surface area (Å²) in [5, 5.41) is 2.62. The van der Waals surface area contributed by atoms with Gasteiger partial charge in [0.1, 0.15) is 12.1 Å². The number of ether oxygens (including phenoxy) is 1. The maximum Gasteiger partial charge on any atom is 0.328 e. The molecule has 0 radical (unpaired) electrons. The summed E-state index contributed by atoms with van der Waals surface area (Å²) >= 11 is 0. The van der Waals surface area contributed by atoms with E-state index in [1.54, 1.807) is 6.92 Å². The third-order valence-electron chi connectivity index (χ3n) is 3.36. The Morgan fingerprint density at radius 1 is 1.26 bits per heavy atom. The second kappa shape index (κ2) is 7.48. The number of carbonyl (C=O) groups is 2.